The van der Waals surface area contributed by atoms with Gasteiger partial charge in [0.2, 0.25) is 5.91 Å². The second-order valence-electron chi connectivity index (χ2n) is 5.49. The van der Waals surface area contributed by atoms with Gasteiger partial charge in [-0.1, -0.05) is 6.08 Å². The van der Waals surface area contributed by atoms with Crippen molar-refractivity contribution in [1.29, 1.82) is 0 Å². The molecule has 0 saturated carbocycles. The average molecular weight is 287 g/mol. The van der Waals surface area contributed by atoms with Gasteiger partial charge in [0.15, 0.2) is 0 Å². The van der Waals surface area contributed by atoms with Gasteiger partial charge in [-0.05, 0) is 50.5 Å². The van der Waals surface area contributed by atoms with Gasteiger partial charge < -0.3 is 15.5 Å². The number of carbonyl (C=O) groups is 1. The minimum Gasteiger partial charge on any atom is -0.374 e. The Morgan fingerprint density at radius 3 is 2.57 bits per heavy atom. The molecule has 1 saturated heterocycles. The van der Waals surface area contributed by atoms with Crippen molar-refractivity contribution in [2.24, 2.45) is 0 Å². The maximum absolute atomic E-state index is 11.8. The molecule has 1 aliphatic heterocycles. The molecular weight excluding hydrogens is 262 g/mol. The molecule has 1 aliphatic rings. The molecular formula is C17H25N3O. The Bertz CT molecular complexity index is 463. The standard InChI is InChI=1S/C17H25N3O/c1-3-11-18-17(21)14(2)19-15-7-9-16(10-8-15)20-12-5-4-6-13-20/h3,7-10,14,19H,1,4-6,11-13H2,2H3,(H,18,21). The first-order chi connectivity index (χ1) is 10.2. The van der Waals surface area contributed by atoms with Crippen molar-refractivity contribution in [2.75, 3.05) is 29.9 Å². The molecule has 114 valence electrons. The average Bonchev–Trinajstić information content (AvgIpc) is 2.54. The van der Waals surface area contributed by atoms with Crippen LogP contribution in [0.25, 0.3) is 0 Å². The highest BCUT2D eigenvalue weighted by molar-refractivity contribution is 5.84. The smallest absolute Gasteiger partial charge is 0.242 e. The van der Waals surface area contributed by atoms with E-state index in [0.717, 1.165) is 18.8 Å². The Labute approximate surface area is 127 Å². The Hall–Kier alpha value is -1.97. The first-order valence-electron chi connectivity index (χ1n) is 7.71. The number of hydrogen-bond acceptors (Lipinski definition) is 3. The summed E-state index contributed by atoms with van der Waals surface area (Å²) in [6, 6.07) is 8.08. The normalized spacial score (nSPS) is 16.1. The van der Waals surface area contributed by atoms with Crippen LogP contribution in [0.1, 0.15) is 26.2 Å². The Balaban J connectivity index is 1.89. The summed E-state index contributed by atoms with van der Waals surface area (Å²) in [4.78, 5) is 14.2. The molecule has 1 heterocycles. The summed E-state index contributed by atoms with van der Waals surface area (Å²) in [5.74, 6) is -0.0185. The van der Waals surface area contributed by atoms with E-state index in [2.05, 4.69) is 34.2 Å². The lowest BCUT2D eigenvalue weighted by molar-refractivity contribution is -0.121. The Morgan fingerprint density at radius 1 is 1.29 bits per heavy atom. The molecule has 4 heteroatoms. The zero-order valence-corrected chi connectivity index (χ0v) is 12.8. The van der Waals surface area contributed by atoms with Crippen LogP contribution in [0, 0.1) is 0 Å². The second kappa shape index (κ2) is 7.72. The van der Waals surface area contributed by atoms with Gasteiger partial charge in [-0.3, -0.25) is 4.79 Å². The van der Waals surface area contributed by atoms with Gasteiger partial charge in [0.05, 0.1) is 0 Å². The van der Waals surface area contributed by atoms with E-state index in [9.17, 15) is 4.79 Å². The number of benzene rings is 1. The molecule has 4 nitrogen and oxygen atoms in total. The van der Waals surface area contributed by atoms with Crippen molar-refractivity contribution in [3.05, 3.63) is 36.9 Å². The molecule has 0 aliphatic carbocycles. The number of rotatable bonds is 6. The van der Waals surface area contributed by atoms with Crippen LogP contribution in [0.4, 0.5) is 11.4 Å². The molecule has 0 radical (unpaired) electrons. The van der Waals surface area contributed by atoms with Crippen LogP contribution in [-0.2, 0) is 4.79 Å². The molecule has 2 N–H and O–H groups in total. The predicted octanol–water partition coefficient (Wildman–Crippen LogP) is 2.78. The highest BCUT2D eigenvalue weighted by Crippen LogP contribution is 2.22. The molecule has 1 aromatic rings. The monoisotopic (exact) mass is 287 g/mol. The molecule has 1 fully saturated rings. The number of nitrogens with zero attached hydrogens (tertiary/aromatic N) is 1. The van der Waals surface area contributed by atoms with Gasteiger partial charge in [0.25, 0.3) is 0 Å². The van der Waals surface area contributed by atoms with E-state index in [0.29, 0.717) is 6.54 Å². The van der Waals surface area contributed by atoms with Crippen LogP contribution in [0.5, 0.6) is 0 Å². The van der Waals surface area contributed by atoms with Crippen molar-refractivity contribution in [2.45, 2.75) is 32.2 Å². The van der Waals surface area contributed by atoms with E-state index in [4.69, 9.17) is 0 Å². The quantitative estimate of drug-likeness (QED) is 0.791. The van der Waals surface area contributed by atoms with Gasteiger partial charge >= 0.3 is 0 Å². The summed E-state index contributed by atoms with van der Waals surface area (Å²) in [5, 5.41) is 6.00. The number of nitrogens with one attached hydrogen (secondary N) is 2. The van der Waals surface area contributed by atoms with Crippen molar-refractivity contribution < 1.29 is 4.79 Å². The summed E-state index contributed by atoms with van der Waals surface area (Å²) < 4.78 is 0. The van der Waals surface area contributed by atoms with Crippen LogP contribution in [0.3, 0.4) is 0 Å². The van der Waals surface area contributed by atoms with E-state index in [1.807, 2.05) is 19.1 Å². The molecule has 21 heavy (non-hydrogen) atoms. The molecule has 0 spiro atoms. The fourth-order valence-electron chi connectivity index (χ4n) is 2.56. The third-order valence-electron chi connectivity index (χ3n) is 3.79. The molecule has 0 aromatic heterocycles. The lowest BCUT2D eigenvalue weighted by Gasteiger charge is -2.29. The largest absolute Gasteiger partial charge is 0.374 e. The number of carbonyl (C=O) groups excluding carboxylic acids is 1. The minimum atomic E-state index is -0.259. The maximum Gasteiger partial charge on any atom is 0.242 e. The fourth-order valence-corrected chi connectivity index (χ4v) is 2.56. The van der Waals surface area contributed by atoms with Crippen molar-refractivity contribution >= 4 is 17.3 Å². The number of hydrogen-bond donors (Lipinski definition) is 2. The van der Waals surface area contributed by atoms with E-state index < -0.39 is 0 Å². The Kier molecular flexibility index (Phi) is 5.67. The summed E-state index contributed by atoms with van der Waals surface area (Å²) in [6.45, 7) is 8.24. The van der Waals surface area contributed by atoms with Gasteiger partial charge in [-0.2, -0.15) is 0 Å². The van der Waals surface area contributed by atoms with Gasteiger partial charge in [-0.25, -0.2) is 0 Å². The zero-order valence-electron chi connectivity index (χ0n) is 12.8. The summed E-state index contributed by atoms with van der Waals surface area (Å²) >= 11 is 0. The SMILES string of the molecule is C=CCNC(=O)C(C)Nc1ccc(N2CCCCC2)cc1. The molecule has 2 rings (SSSR count). The zero-order chi connectivity index (χ0) is 15.1. The van der Waals surface area contributed by atoms with Crippen LogP contribution < -0.4 is 15.5 Å². The van der Waals surface area contributed by atoms with Crippen LogP contribution >= 0.6 is 0 Å². The second-order valence-corrected chi connectivity index (χ2v) is 5.49. The number of piperidine rings is 1. The van der Waals surface area contributed by atoms with E-state index >= 15 is 0 Å². The lowest BCUT2D eigenvalue weighted by atomic mass is 10.1. The maximum atomic E-state index is 11.8. The van der Waals surface area contributed by atoms with Gasteiger partial charge in [0, 0.05) is 31.0 Å². The highest BCUT2D eigenvalue weighted by atomic mass is 16.2. The summed E-state index contributed by atoms with van der Waals surface area (Å²) in [6.07, 6.45) is 5.58. The number of amides is 1. The van der Waals surface area contributed by atoms with Crippen LogP contribution in [0.2, 0.25) is 0 Å². The van der Waals surface area contributed by atoms with Gasteiger partial charge in [0.1, 0.15) is 6.04 Å². The fraction of sp³-hybridized carbons (Fsp3) is 0.471. The lowest BCUT2D eigenvalue weighted by Crippen LogP contribution is -2.37. The summed E-state index contributed by atoms with van der Waals surface area (Å²) in [7, 11) is 0. The van der Waals surface area contributed by atoms with E-state index in [-0.39, 0.29) is 11.9 Å². The third kappa shape index (κ3) is 4.52. The van der Waals surface area contributed by atoms with Crippen molar-refractivity contribution in [1.82, 2.24) is 5.32 Å². The van der Waals surface area contributed by atoms with Crippen LogP contribution in [0.15, 0.2) is 36.9 Å². The first kappa shape index (κ1) is 15.4. The van der Waals surface area contributed by atoms with Gasteiger partial charge in [-0.15, -0.1) is 6.58 Å². The van der Waals surface area contributed by atoms with Crippen molar-refractivity contribution in [3.63, 3.8) is 0 Å². The molecule has 1 aromatic carbocycles. The number of anilines is 2. The molecule has 1 atom stereocenters. The summed E-state index contributed by atoms with van der Waals surface area (Å²) in [5.41, 5.74) is 2.24. The van der Waals surface area contributed by atoms with Crippen molar-refractivity contribution in [3.8, 4) is 0 Å². The van der Waals surface area contributed by atoms with E-state index in [1.54, 1.807) is 6.08 Å². The molecule has 1 unspecified atom stereocenters. The van der Waals surface area contributed by atoms with Crippen LogP contribution in [-0.4, -0.2) is 31.6 Å². The highest BCUT2D eigenvalue weighted by Gasteiger charge is 2.13. The minimum absolute atomic E-state index is 0.0185. The Morgan fingerprint density at radius 2 is 1.95 bits per heavy atom. The predicted molar refractivity (Wildman–Crippen MR) is 88.8 cm³/mol. The molecule has 0 bridgehead atoms. The first-order valence-corrected chi connectivity index (χ1v) is 7.71. The third-order valence-corrected chi connectivity index (χ3v) is 3.79. The molecule has 1 amide bonds. The van der Waals surface area contributed by atoms with E-state index in [1.165, 1.54) is 24.9 Å². The topological polar surface area (TPSA) is 44.4 Å².